The summed E-state index contributed by atoms with van der Waals surface area (Å²) in [5, 5.41) is 12.6. The van der Waals surface area contributed by atoms with Crippen LogP contribution in [0.4, 0.5) is 0 Å². The number of aliphatic hydroxyl groups excluding tert-OH is 1. The number of nitrogens with one attached hydrogen (secondary N) is 1. The van der Waals surface area contributed by atoms with Crippen LogP contribution in [-0.4, -0.2) is 24.7 Å². The maximum absolute atomic E-state index is 13.2. The quantitative estimate of drug-likeness (QED) is 0.844. The molecular formula is C20H25NO4. The summed E-state index contributed by atoms with van der Waals surface area (Å²) in [6.45, 7) is 1.79. The summed E-state index contributed by atoms with van der Waals surface area (Å²) in [6.07, 6.45) is 5.14. The molecule has 2 N–H and O–H groups in total. The van der Waals surface area contributed by atoms with Crippen LogP contribution in [0.15, 0.2) is 41.0 Å². The Morgan fingerprint density at radius 1 is 1.36 bits per heavy atom. The molecule has 1 aromatic heterocycles. The summed E-state index contributed by atoms with van der Waals surface area (Å²) in [5.74, 6) is 1.29. The highest BCUT2D eigenvalue weighted by molar-refractivity contribution is 5.89. The Morgan fingerprint density at radius 2 is 2.12 bits per heavy atom. The van der Waals surface area contributed by atoms with E-state index in [0.717, 1.165) is 42.6 Å². The third kappa shape index (κ3) is 3.29. The number of furan rings is 1. The minimum atomic E-state index is -0.582. The molecule has 0 spiro atoms. The smallest absolute Gasteiger partial charge is 0.231 e. The zero-order valence-corrected chi connectivity index (χ0v) is 14.7. The van der Waals surface area contributed by atoms with Gasteiger partial charge in [-0.3, -0.25) is 4.79 Å². The zero-order chi connectivity index (χ0) is 17.9. The summed E-state index contributed by atoms with van der Waals surface area (Å²) in [5.41, 5.74) is 1.44. The standard InChI is InChI=1S/C20H25NO4/c1-14-7-8-15(12-18(14)24-2)20(9-3-4-10-20)19(23)21-16(13-22)17-6-5-11-25-17/h5-8,11-12,16,22H,3-4,9-10,13H2,1-2H3,(H,21,23). The van der Waals surface area contributed by atoms with Gasteiger partial charge in [0.2, 0.25) is 5.91 Å². The van der Waals surface area contributed by atoms with E-state index in [-0.39, 0.29) is 12.5 Å². The first-order valence-corrected chi connectivity index (χ1v) is 8.71. The monoisotopic (exact) mass is 343 g/mol. The van der Waals surface area contributed by atoms with Crippen LogP contribution in [0.5, 0.6) is 5.75 Å². The number of ether oxygens (including phenoxy) is 1. The van der Waals surface area contributed by atoms with E-state index in [4.69, 9.17) is 9.15 Å². The van der Waals surface area contributed by atoms with E-state index in [9.17, 15) is 9.90 Å². The summed E-state index contributed by atoms with van der Waals surface area (Å²) in [6, 6.07) is 8.97. The maximum Gasteiger partial charge on any atom is 0.231 e. The van der Waals surface area contributed by atoms with E-state index in [1.54, 1.807) is 25.5 Å². The molecule has 1 aromatic carbocycles. The highest BCUT2D eigenvalue weighted by Gasteiger charge is 2.43. The average molecular weight is 343 g/mol. The lowest BCUT2D eigenvalue weighted by Crippen LogP contribution is -2.44. The molecule has 1 aliphatic carbocycles. The van der Waals surface area contributed by atoms with Crippen molar-refractivity contribution in [3.05, 3.63) is 53.5 Å². The van der Waals surface area contributed by atoms with Gasteiger partial charge in [-0.05, 0) is 49.1 Å². The van der Waals surface area contributed by atoms with Crippen LogP contribution >= 0.6 is 0 Å². The number of hydrogen-bond acceptors (Lipinski definition) is 4. The van der Waals surface area contributed by atoms with Gasteiger partial charge in [-0.1, -0.05) is 25.0 Å². The highest BCUT2D eigenvalue weighted by Crippen LogP contribution is 2.43. The Balaban J connectivity index is 1.90. The van der Waals surface area contributed by atoms with E-state index in [2.05, 4.69) is 5.32 Å². The second-order valence-electron chi connectivity index (χ2n) is 6.70. The van der Waals surface area contributed by atoms with Crippen molar-refractivity contribution in [2.24, 2.45) is 0 Å². The lowest BCUT2D eigenvalue weighted by atomic mass is 9.77. The summed E-state index contributed by atoms with van der Waals surface area (Å²) < 4.78 is 10.8. The minimum absolute atomic E-state index is 0.0636. The molecule has 25 heavy (non-hydrogen) atoms. The van der Waals surface area contributed by atoms with E-state index in [1.807, 2.05) is 25.1 Å². The van der Waals surface area contributed by atoms with Crippen molar-refractivity contribution in [1.29, 1.82) is 0 Å². The van der Waals surface area contributed by atoms with E-state index >= 15 is 0 Å². The summed E-state index contributed by atoms with van der Waals surface area (Å²) in [4.78, 5) is 13.2. The Kier molecular flexibility index (Phi) is 5.13. The molecule has 2 aromatic rings. The SMILES string of the molecule is COc1cc(C2(C(=O)NC(CO)c3ccco3)CCCC2)ccc1C. The van der Waals surface area contributed by atoms with Gasteiger partial charge in [0.15, 0.2) is 0 Å². The fourth-order valence-corrected chi connectivity index (χ4v) is 3.74. The predicted molar refractivity (Wildman–Crippen MR) is 94.6 cm³/mol. The normalized spacial score (nSPS) is 17.2. The fourth-order valence-electron chi connectivity index (χ4n) is 3.74. The van der Waals surface area contributed by atoms with Crippen LogP contribution in [0.3, 0.4) is 0 Å². The molecule has 1 saturated carbocycles. The zero-order valence-electron chi connectivity index (χ0n) is 14.7. The van der Waals surface area contributed by atoms with Crippen molar-refractivity contribution in [2.75, 3.05) is 13.7 Å². The van der Waals surface area contributed by atoms with Gasteiger partial charge in [0.1, 0.15) is 17.6 Å². The molecule has 0 aliphatic heterocycles. The van der Waals surface area contributed by atoms with Gasteiger partial charge < -0.3 is 19.6 Å². The van der Waals surface area contributed by atoms with Crippen molar-refractivity contribution >= 4 is 5.91 Å². The fraction of sp³-hybridized carbons (Fsp3) is 0.450. The molecule has 0 radical (unpaired) electrons. The van der Waals surface area contributed by atoms with Gasteiger partial charge in [-0.2, -0.15) is 0 Å². The summed E-state index contributed by atoms with van der Waals surface area (Å²) >= 11 is 0. The van der Waals surface area contributed by atoms with E-state index < -0.39 is 11.5 Å². The number of aliphatic hydroxyl groups is 1. The molecule has 3 rings (SSSR count). The number of carbonyl (C=O) groups excluding carboxylic acids is 1. The van der Waals surface area contributed by atoms with Gasteiger partial charge in [0, 0.05) is 0 Å². The number of benzene rings is 1. The number of rotatable bonds is 6. The predicted octanol–water partition coefficient (Wildman–Crippen LogP) is 3.26. The Morgan fingerprint density at radius 3 is 2.72 bits per heavy atom. The molecular weight excluding hydrogens is 318 g/mol. The number of aryl methyl sites for hydroxylation is 1. The third-order valence-electron chi connectivity index (χ3n) is 5.23. The lowest BCUT2D eigenvalue weighted by Gasteiger charge is -2.30. The Labute approximate surface area is 148 Å². The molecule has 5 heteroatoms. The minimum Gasteiger partial charge on any atom is -0.496 e. The lowest BCUT2D eigenvalue weighted by molar-refractivity contribution is -0.128. The van der Waals surface area contributed by atoms with Gasteiger partial charge in [0.25, 0.3) is 0 Å². The first-order chi connectivity index (χ1) is 12.1. The van der Waals surface area contributed by atoms with Crippen molar-refractivity contribution < 1.29 is 19.1 Å². The molecule has 0 saturated heterocycles. The second kappa shape index (κ2) is 7.31. The number of amides is 1. The van der Waals surface area contributed by atoms with Crippen molar-refractivity contribution in [2.45, 2.75) is 44.1 Å². The van der Waals surface area contributed by atoms with Crippen LogP contribution in [0.1, 0.15) is 48.6 Å². The van der Waals surface area contributed by atoms with Gasteiger partial charge >= 0.3 is 0 Å². The third-order valence-corrected chi connectivity index (χ3v) is 5.23. The Bertz CT molecular complexity index is 717. The van der Waals surface area contributed by atoms with Crippen molar-refractivity contribution in [3.63, 3.8) is 0 Å². The molecule has 1 heterocycles. The van der Waals surface area contributed by atoms with Crippen LogP contribution in [-0.2, 0) is 10.2 Å². The van der Waals surface area contributed by atoms with Crippen LogP contribution < -0.4 is 10.1 Å². The van der Waals surface area contributed by atoms with Gasteiger partial charge in [0.05, 0.1) is 25.4 Å². The largest absolute Gasteiger partial charge is 0.496 e. The molecule has 1 amide bonds. The molecule has 1 unspecified atom stereocenters. The second-order valence-corrected chi connectivity index (χ2v) is 6.70. The van der Waals surface area contributed by atoms with Crippen LogP contribution in [0.25, 0.3) is 0 Å². The Hall–Kier alpha value is -2.27. The van der Waals surface area contributed by atoms with Crippen molar-refractivity contribution in [1.82, 2.24) is 5.32 Å². The average Bonchev–Trinajstić information content (AvgIpc) is 3.32. The molecule has 1 atom stereocenters. The molecule has 1 aliphatic rings. The van der Waals surface area contributed by atoms with Crippen LogP contribution in [0, 0.1) is 6.92 Å². The molecule has 5 nitrogen and oxygen atoms in total. The molecule has 1 fully saturated rings. The van der Waals surface area contributed by atoms with E-state index in [0.29, 0.717) is 5.76 Å². The molecule has 0 bridgehead atoms. The van der Waals surface area contributed by atoms with E-state index in [1.165, 1.54) is 0 Å². The number of hydrogen-bond donors (Lipinski definition) is 2. The van der Waals surface area contributed by atoms with Crippen molar-refractivity contribution in [3.8, 4) is 5.75 Å². The number of methoxy groups -OCH3 is 1. The first kappa shape index (κ1) is 17.5. The highest BCUT2D eigenvalue weighted by atomic mass is 16.5. The van der Waals surface area contributed by atoms with Gasteiger partial charge in [-0.25, -0.2) is 0 Å². The molecule has 134 valence electrons. The first-order valence-electron chi connectivity index (χ1n) is 8.71. The maximum atomic E-state index is 13.2. The van der Waals surface area contributed by atoms with Crippen LogP contribution in [0.2, 0.25) is 0 Å². The topological polar surface area (TPSA) is 71.7 Å². The van der Waals surface area contributed by atoms with Gasteiger partial charge in [-0.15, -0.1) is 0 Å². The summed E-state index contributed by atoms with van der Waals surface area (Å²) in [7, 11) is 1.65. The number of carbonyl (C=O) groups is 1.